The Morgan fingerprint density at radius 2 is 1.75 bits per heavy atom. The van der Waals surface area contributed by atoms with Gasteiger partial charge in [0.1, 0.15) is 18.0 Å². The van der Waals surface area contributed by atoms with Gasteiger partial charge in [-0.25, -0.2) is 19.3 Å². The lowest BCUT2D eigenvalue weighted by Crippen LogP contribution is -2.16. The molecule has 0 spiro atoms. The van der Waals surface area contributed by atoms with Crippen LogP contribution in [0.3, 0.4) is 0 Å². The van der Waals surface area contributed by atoms with E-state index in [2.05, 4.69) is 20.3 Å². The van der Waals surface area contributed by atoms with Crippen LogP contribution in [0.1, 0.15) is 15.9 Å². The molecule has 28 heavy (non-hydrogen) atoms. The summed E-state index contributed by atoms with van der Waals surface area (Å²) in [6.45, 7) is 0. The van der Waals surface area contributed by atoms with Gasteiger partial charge in [-0.15, -0.1) is 0 Å². The molecular weight excluding hydrogens is 378 g/mol. The highest BCUT2D eigenvalue weighted by Gasteiger charge is 2.30. The lowest BCUT2D eigenvalue weighted by molar-refractivity contribution is -0.137. The van der Waals surface area contributed by atoms with Gasteiger partial charge < -0.3 is 10.2 Å². The molecule has 0 radical (unpaired) electrons. The number of amides is 1. The van der Waals surface area contributed by atoms with E-state index in [1.54, 1.807) is 11.9 Å². The van der Waals surface area contributed by atoms with Gasteiger partial charge in [0.25, 0.3) is 5.91 Å². The van der Waals surface area contributed by atoms with Crippen LogP contribution in [0.2, 0.25) is 0 Å². The van der Waals surface area contributed by atoms with Crippen LogP contribution in [0, 0.1) is 5.82 Å². The number of hydrogen-bond donors (Lipinski definition) is 1. The van der Waals surface area contributed by atoms with Crippen molar-refractivity contribution in [2.24, 2.45) is 0 Å². The summed E-state index contributed by atoms with van der Waals surface area (Å²) in [6, 6.07) is 5.48. The SMILES string of the molecule is CN(c1cncnc1)c1cc(F)cc(C(=O)Nc2ccc(C(F)(F)F)cn2)c1. The molecule has 2 aromatic heterocycles. The fourth-order valence-corrected chi connectivity index (χ4v) is 2.34. The van der Waals surface area contributed by atoms with Gasteiger partial charge in [0.05, 0.1) is 23.6 Å². The van der Waals surface area contributed by atoms with Gasteiger partial charge in [-0.1, -0.05) is 0 Å². The second kappa shape index (κ2) is 7.59. The van der Waals surface area contributed by atoms with E-state index in [0.29, 0.717) is 17.6 Å². The molecule has 0 aliphatic rings. The number of carbonyl (C=O) groups excluding carboxylic acids is 1. The standard InChI is InChI=1S/C18H13F4N5O/c1-27(15-8-23-10-24-9-15)14-5-11(4-13(19)6-14)17(28)26-16-3-2-12(7-25-16)18(20,21)22/h2-10H,1H3,(H,25,26,28). The molecule has 0 saturated carbocycles. The summed E-state index contributed by atoms with van der Waals surface area (Å²) in [6.07, 6.45) is 0.459. The number of rotatable bonds is 4. The minimum atomic E-state index is -4.53. The Bertz CT molecular complexity index is 978. The first-order valence-electron chi connectivity index (χ1n) is 7.88. The fourth-order valence-electron chi connectivity index (χ4n) is 2.34. The molecule has 0 aliphatic carbocycles. The molecule has 0 fully saturated rings. The van der Waals surface area contributed by atoms with Crippen molar-refractivity contribution in [3.05, 3.63) is 72.2 Å². The number of alkyl halides is 3. The molecule has 1 aromatic carbocycles. The summed E-state index contributed by atoms with van der Waals surface area (Å²) in [5, 5.41) is 2.34. The lowest BCUT2D eigenvalue weighted by Gasteiger charge is -2.19. The van der Waals surface area contributed by atoms with Crippen molar-refractivity contribution in [1.82, 2.24) is 15.0 Å². The van der Waals surface area contributed by atoms with Gasteiger partial charge in [-0.05, 0) is 30.3 Å². The second-order valence-corrected chi connectivity index (χ2v) is 5.74. The Labute approximate surface area is 156 Å². The first kappa shape index (κ1) is 19.2. The number of nitrogens with one attached hydrogen (secondary N) is 1. The molecule has 0 bridgehead atoms. The van der Waals surface area contributed by atoms with Crippen LogP contribution in [-0.4, -0.2) is 27.9 Å². The molecule has 3 aromatic rings. The first-order chi connectivity index (χ1) is 13.2. The molecule has 0 saturated heterocycles. The monoisotopic (exact) mass is 391 g/mol. The van der Waals surface area contributed by atoms with E-state index < -0.39 is 23.5 Å². The minimum absolute atomic E-state index is 0.0274. The van der Waals surface area contributed by atoms with Crippen LogP contribution in [0.4, 0.5) is 34.8 Å². The number of anilines is 3. The third kappa shape index (κ3) is 4.40. The van der Waals surface area contributed by atoms with Crippen molar-refractivity contribution in [1.29, 1.82) is 0 Å². The van der Waals surface area contributed by atoms with E-state index in [1.165, 1.54) is 30.9 Å². The summed E-state index contributed by atoms with van der Waals surface area (Å²) in [5.74, 6) is -1.47. The Morgan fingerprint density at radius 3 is 2.36 bits per heavy atom. The van der Waals surface area contributed by atoms with Crippen molar-refractivity contribution >= 4 is 23.1 Å². The molecule has 0 unspecified atom stereocenters. The molecule has 144 valence electrons. The van der Waals surface area contributed by atoms with Gasteiger partial charge in [-0.2, -0.15) is 13.2 Å². The number of pyridine rings is 1. The summed E-state index contributed by atoms with van der Waals surface area (Å²) < 4.78 is 51.7. The Kier molecular flexibility index (Phi) is 5.21. The van der Waals surface area contributed by atoms with Gasteiger partial charge in [-0.3, -0.25) is 4.79 Å². The van der Waals surface area contributed by atoms with Crippen LogP contribution in [-0.2, 0) is 6.18 Å². The molecular formula is C18H13F4N5O. The highest BCUT2D eigenvalue weighted by molar-refractivity contribution is 6.04. The summed E-state index contributed by atoms with van der Waals surface area (Å²) in [7, 11) is 1.65. The van der Waals surface area contributed by atoms with E-state index in [4.69, 9.17) is 0 Å². The number of aromatic nitrogens is 3. The predicted molar refractivity (Wildman–Crippen MR) is 93.7 cm³/mol. The van der Waals surface area contributed by atoms with Crippen molar-refractivity contribution < 1.29 is 22.4 Å². The maximum absolute atomic E-state index is 14.0. The van der Waals surface area contributed by atoms with E-state index >= 15 is 0 Å². The number of hydrogen-bond acceptors (Lipinski definition) is 5. The zero-order valence-electron chi connectivity index (χ0n) is 14.4. The third-order valence-electron chi connectivity index (χ3n) is 3.80. The van der Waals surface area contributed by atoms with Crippen LogP contribution < -0.4 is 10.2 Å². The number of nitrogens with zero attached hydrogens (tertiary/aromatic N) is 4. The smallest absolute Gasteiger partial charge is 0.342 e. The van der Waals surface area contributed by atoms with E-state index in [0.717, 1.165) is 18.2 Å². The Morgan fingerprint density at radius 1 is 1.04 bits per heavy atom. The van der Waals surface area contributed by atoms with Crippen molar-refractivity contribution in [3.63, 3.8) is 0 Å². The maximum Gasteiger partial charge on any atom is 0.417 e. The predicted octanol–water partition coefficient (Wildman–Crippen LogP) is 4.05. The lowest BCUT2D eigenvalue weighted by atomic mass is 10.1. The average molecular weight is 391 g/mol. The molecule has 0 atom stereocenters. The summed E-state index contributed by atoms with van der Waals surface area (Å²) in [5.41, 5.74) is -0.0326. The topological polar surface area (TPSA) is 71.0 Å². The van der Waals surface area contributed by atoms with Crippen molar-refractivity contribution in [2.45, 2.75) is 6.18 Å². The molecule has 1 N–H and O–H groups in total. The number of halogens is 4. The van der Waals surface area contributed by atoms with Crippen molar-refractivity contribution in [3.8, 4) is 0 Å². The Hall–Kier alpha value is -3.56. The maximum atomic E-state index is 14.0. The van der Waals surface area contributed by atoms with E-state index in [-0.39, 0.29) is 11.4 Å². The fraction of sp³-hybridized carbons (Fsp3) is 0.111. The second-order valence-electron chi connectivity index (χ2n) is 5.74. The van der Waals surface area contributed by atoms with Crippen LogP contribution in [0.5, 0.6) is 0 Å². The normalized spacial score (nSPS) is 11.2. The van der Waals surface area contributed by atoms with E-state index in [9.17, 15) is 22.4 Å². The summed E-state index contributed by atoms with van der Waals surface area (Å²) >= 11 is 0. The molecule has 6 nitrogen and oxygen atoms in total. The molecule has 0 aliphatic heterocycles. The largest absolute Gasteiger partial charge is 0.417 e. The summed E-state index contributed by atoms with van der Waals surface area (Å²) in [4.78, 5) is 25.3. The van der Waals surface area contributed by atoms with Crippen LogP contribution in [0.25, 0.3) is 0 Å². The highest BCUT2D eigenvalue weighted by atomic mass is 19.4. The molecule has 1 amide bonds. The van der Waals surface area contributed by atoms with Crippen LogP contribution in [0.15, 0.2) is 55.2 Å². The van der Waals surface area contributed by atoms with Gasteiger partial charge in [0.15, 0.2) is 0 Å². The van der Waals surface area contributed by atoms with Gasteiger partial charge in [0.2, 0.25) is 0 Å². The molecule has 3 rings (SSSR count). The zero-order valence-corrected chi connectivity index (χ0v) is 14.4. The average Bonchev–Trinajstić information content (AvgIpc) is 2.67. The minimum Gasteiger partial charge on any atom is -0.342 e. The number of carbonyl (C=O) groups is 1. The first-order valence-corrected chi connectivity index (χ1v) is 7.88. The van der Waals surface area contributed by atoms with Gasteiger partial charge in [0, 0.05) is 24.5 Å². The van der Waals surface area contributed by atoms with Gasteiger partial charge >= 0.3 is 6.18 Å². The molecule has 10 heteroatoms. The highest BCUT2D eigenvalue weighted by Crippen LogP contribution is 2.29. The van der Waals surface area contributed by atoms with Crippen LogP contribution >= 0.6 is 0 Å². The Balaban J connectivity index is 1.81. The van der Waals surface area contributed by atoms with Crippen molar-refractivity contribution in [2.75, 3.05) is 17.3 Å². The van der Waals surface area contributed by atoms with E-state index in [1.807, 2.05) is 0 Å². The third-order valence-corrected chi connectivity index (χ3v) is 3.80. The molecule has 2 heterocycles. The zero-order chi connectivity index (χ0) is 20.3. The number of benzene rings is 1. The quantitative estimate of drug-likeness (QED) is 0.680.